The second-order valence-electron chi connectivity index (χ2n) is 7.33. The van der Waals surface area contributed by atoms with Crippen LogP contribution in [-0.4, -0.2) is 38.2 Å². The van der Waals surface area contributed by atoms with Gasteiger partial charge in [0, 0.05) is 19.9 Å². The number of alkyl halides is 3. The second kappa shape index (κ2) is 9.22. The van der Waals surface area contributed by atoms with Gasteiger partial charge in [-0.3, -0.25) is 18.6 Å². The van der Waals surface area contributed by atoms with Gasteiger partial charge >= 0.3 is 6.18 Å². The minimum absolute atomic E-state index is 0.0477. The fourth-order valence-electron chi connectivity index (χ4n) is 3.43. The highest BCUT2D eigenvalue weighted by Gasteiger charge is 2.30. The summed E-state index contributed by atoms with van der Waals surface area (Å²) < 4.78 is 47.4. The van der Waals surface area contributed by atoms with E-state index in [2.05, 4.69) is 15.5 Å². The van der Waals surface area contributed by atoms with Crippen molar-refractivity contribution in [2.45, 2.75) is 25.4 Å². The van der Waals surface area contributed by atoms with Crippen molar-refractivity contribution in [1.29, 1.82) is 0 Å². The molecule has 1 aromatic carbocycles. The third-order valence-corrected chi connectivity index (χ3v) is 5.95. The molecule has 1 N–H and O–H groups in total. The van der Waals surface area contributed by atoms with E-state index in [0.29, 0.717) is 29.1 Å². The largest absolute Gasteiger partial charge is 0.492 e. The number of benzene rings is 1. The Balaban J connectivity index is 1.27. The van der Waals surface area contributed by atoms with Crippen molar-refractivity contribution in [2.75, 3.05) is 13.2 Å². The molecule has 3 heterocycles. The van der Waals surface area contributed by atoms with Crippen molar-refractivity contribution in [3.05, 3.63) is 57.5 Å². The SMILES string of the molecule is Cn1c(=O)c2sccc2n2c(CCCC(=O)NCCOc3cccc(C(F)(F)F)c3)nnc12. The Kier molecular flexibility index (Phi) is 6.36. The van der Waals surface area contributed by atoms with Crippen LogP contribution in [0.15, 0.2) is 40.5 Å². The number of thiophene rings is 1. The molecule has 0 radical (unpaired) electrons. The number of aromatic nitrogens is 4. The minimum Gasteiger partial charge on any atom is -0.492 e. The molecule has 0 bridgehead atoms. The third kappa shape index (κ3) is 4.85. The van der Waals surface area contributed by atoms with E-state index in [0.717, 1.165) is 17.6 Å². The fourth-order valence-corrected chi connectivity index (χ4v) is 4.28. The first-order valence-corrected chi connectivity index (χ1v) is 11.0. The standard InChI is InChI=1S/C21H20F3N5O3S/c1-28-19(31)18-15(8-11-33-18)29-16(26-27-20(28)29)6-3-7-17(30)25-9-10-32-14-5-2-4-13(12-14)21(22,23)24/h2,4-5,8,11-12H,3,6-7,9-10H2,1H3,(H,25,30). The molecule has 0 saturated carbocycles. The zero-order valence-electron chi connectivity index (χ0n) is 17.6. The summed E-state index contributed by atoms with van der Waals surface area (Å²) in [6.07, 6.45) is -3.21. The molecule has 3 aromatic heterocycles. The highest BCUT2D eigenvalue weighted by molar-refractivity contribution is 7.17. The van der Waals surface area contributed by atoms with Crippen LogP contribution in [0.25, 0.3) is 16.0 Å². The molecule has 0 spiro atoms. The van der Waals surface area contributed by atoms with Gasteiger partial charge in [-0.15, -0.1) is 21.5 Å². The van der Waals surface area contributed by atoms with Gasteiger partial charge in [-0.05, 0) is 36.1 Å². The lowest BCUT2D eigenvalue weighted by Crippen LogP contribution is -2.28. The zero-order valence-corrected chi connectivity index (χ0v) is 18.4. The predicted molar refractivity (Wildman–Crippen MR) is 116 cm³/mol. The summed E-state index contributed by atoms with van der Waals surface area (Å²) in [5, 5.41) is 12.8. The molecular formula is C21H20F3N5O3S. The lowest BCUT2D eigenvalue weighted by molar-refractivity contribution is -0.137. The van der Waals surface area contributed by atoms with Crippen molar-refractivity contribution in [2.24, 2.45) is 7.05 Å². The second-order valence-corrected chi connectivity index (χ2v) is 8.24. The Bertz CT molecular complexity index is 1360. The molecule has 0 fully saturated rings. The van der Waals surface area contributed by atoms with E-state index >= 15 is 0 Å². The molecule has 12 heteroatoms. The molecule has 33 heavy (non-hydrogen) atoms. The normalized spacial score (nSPS) is 11.9. The van der Waals surface area contributed by atoms with Crippen LogP contribution in [0.4, 0.5) is 13.2 Å². The molecule has 0 saturated heterocycles. The number of halogens is 3. The number of carbonyl (C=O) groups excluding carboxylic acids is 1. The van der Waals surface area contributed by atoms with Gasteiger partial charge in [-0.25, -0.2) is 0 Å². The lowest BCUT2D eigenvalue weighted by Gasteiger charge is -2.10. The monoisotopic (exact) mass is 479 g/mol. The van der Waals surface area contributed by atoms with Crippen molar-refractivity contribution >= 4 is 33.2 Å². The van der Waals surface area contributed by atoms with Gasteiger partial charge in [0.2, 0.25) is 11.7 Å². The molecule has 0 aliphatic rings. The summed E-state index contributed by atoms with van der Waals surface area (Å²) in [6.45, 7) is 0.215. The van der Waals surface area contributed by atoms with E-state index in [4.69, 9.17) is 4.74 Å². The quantitative estimate of drug-likeness (QED) is 0.392. The number of fused-ring (bicyclic) bond motifs is 3. The molecule has 1 amide bonds. The number of hydrogen-bond acceptors (Lipinski definition) is 6. The van der Waals surface area contributed by atoms with E-state index in [1.807, 2.05) is 15.8 Å². The molecule has 0 aliphatic carbocycles. The summed E-state index contributed by atoms with van der Waals surface area (Å²) in [5.74, 6) is 0.984. The summed E-state index contributed by atoms with van der Waals surface area (Å²) in [5.41, 5.74) is -0.169. The van der Waals surface area contributed by atoms with Crippen molar-refractivity contribution in [3.8, 4) is 5.75 Å². The highest BCUT2D eigenvalue weighted by atomic mass is 32.1. The summed E-state index contributed by atoms with van der Waals surface area (Å²) in [7, 11) is 1.64. The van der Waals surface area contributed by atoms with Crippen LogP contribution in [0.2, 0.25) is 0 Å². The molecule has 0 unspecified atom stereocenters. The minimum atomic E-state index is -4.44. The van der Waals surface area contributed by atoms with E-state index in [-0.39, 0.29) is 36.8 Å². The molecule has 4 aromatic rings. The lowest BCUT2D eigenvalue weighted by atomic mass is 10.2. The molecule has 8 nitrogen and oxygen atoms in total. The van der Waals surface area contributed by atoms with Crippen LogP contribution in [0.5, 0.6) is 5.75 Å². The number of nitrogens with one attached hydrogen (secondary N) is 1. The Morgan fingerprint density at radius 3 is 2.85 bits per heavy atom. The molecular weight excluding hydrogens is 459 g/mol. The van der Waals surface area contributed by atoms with Crippen LogP contribution in [0, 0.1) is 0 Å². The number of aryl methyl sites for hydroxylation is 2. The Morgan fingerprint density at radius 2 is 2.06 bits per heavy atom. The van der Waals surface area contributed by atoms with E-state index in [9.17, 15) is 22.8 Å². The summed E-state index contributed by atoms with van der Waals surface area (Å²) in [4.78, 5) is 24.5. The molecule has 174 valence electrons. The number of rotatable bonds is 8. The van der Waals surface area contributed by atoms with Crippen molar-refractivity contribution < 1.29 is 22.7 Å². The Hall–Kier alpha value is -3.41. The Morgan fingerprint density at radius 1 is 1.24 bits per heavy atom. The Labute approximate surface area is 189 Å². The maximum Gasteiger partial charge on any atom is 0.416 e. The van der Waals surface area contributed by atoms with E-state index < -0.39 is 11.7 Å². The van der Waals surface area contributed by atoms with Crippen LogP contribution in [0.1, 0.15) is 24.2 Å². The van der Waals surface area contributed by atoms with Crippen LogP contribution >= 0.6 is 11.3 Å². The van der Waals surface area contributed by atoms with Gasteiger partial charge in [0.1, 0.15) is 22.9 Å². The van der Waals surface area contributed by atoms with Gasteiger partial charge in [0.25, 0.3) is 5.56 Å². The van der Waals surface area contributed by atoms with Gasteiger partial charge in [-0.2, -0.15) is 13.2 Å². The van der Waals surface area contributed by atoms with E-state index in [1.165, 1.54) is 28.0 Å². The molecule has 4 rings (SSSR count). The zero-order chi connectivity index (χ0) is 23.6. The number of amides is 1. The predicted octanol–water partition coefficient (Wildman–Crippen LogP) is 3.18. The summed E-state index contributed by atoms with van der Waals surface area (Å²) in [6, 6.07) is 6.44. The maximum absolute atomic E-state index is 12.7. The first kappa shape index (κ1) is 22.8. The molecule has 0 atom stereocenters. The maximum atomic E-state index is 12.7. The van der Waals surface area contributed by atoms with Crippen molar-refractivity contribution in [3.63, 3.8) is 0 Å². The van der Waals surface area contributed by atoms with Gasteiger partial charge < -0.3 is 10.1 Å². The fraction of sp³-hybridized carbons (Fsp3) is 0.333. The van der Waals surface area contributed by atoms with Crippen molar-refractivity contribution in [1.82, 2.24) is 24.5 Å². The van der Waals surface area contributed by atoms with Gasteiger partial charge in [-0.1, -0.05) is 6.07 Å². The van der Waals surface area contributed by atoms with Crippen LogP contribution < -0.4 is 15.6 Å². The highest BCUT2D eigenvalue weighted by Crippen LogP contribution is 2.31. The van der Waals surface area contributed by atoms with Gasteiger partial charge in [0.15, 0.2) is 0 Å². The average Bonchev–Trinajstić information content (AvgIpc) is 3.42. The van der Waals surface area contributed by atoms with Crippen LogP contribution in [-0.2, 0) is 24.4 Å². The summed E-state index contributed by atoms with van der Waals surface area (Å²) >= 11 is 1.35. The smallest absolute Gasteiger partial charge is 0.416 e. The first-order chi connectivity index (χ1) is 15.8. The number of ether oxygens (including phenoxy) is 1. The third-order valence-electron chi connectivity index (χ3n) is 5.06. The number of carbonyl (C=O) groups is 1. The topological polar surface area (TPSA) is 90.5 Å². The van der Waals surface area contributed by atoms with Gasteiger partial charge in [0.05, 0.1) is 17.6 Å². The van der Waals surface area contributed by atoms with E-state index in [1.54, 1.807) is 7.05 Å². The number of hydrogen-bond donors (Lipinski definition) is 1. The average molecular weight is 479 g/mol. The first-order valence-electron chi connectivity index (χ1n) is 10.1. The number of nitrogens with zero attached hydrogens (tertiary/aromatic N) is 4. The van der Waals surface area contributed by atoms with Crippen LogP contribution in [0.3, 0.4) is 0 Å². The molecule has 0 aliphatic heterocycles.